The molecule has 0 atom stereocenters. The standard InChI is InChI=1S/C17H19N3O6/c1-16(2,3)12(22)18-10-6-4-9(5-7-10)11(21)8-17(26)13(23)19-15(25)20-14(17)24/h4-7,26H,8H2,1-3H3,(H,18,22)(H2,19,20,23,24,25). The van der Waals surface area contributed by atoms with Crippen LogP contribution in [0.15, 0.2) is 24.3 Å². The van der Waals surface area contributed by atoms with Gasteiger partial charge in [-0.3, -0.25) is 29.8 Å². The number of carbonyl (C=O) groups is 5. The number of Topliss-reactive ketones (excluding diaryl/α,β-unsaturated/α-hetero) is 1. The first kappa shape index (κ1) is 19.3. The number of aliphatic hydroxyl groups is 1. The molecule has 0 saturated carbocycles. The molecule has 9 nitrogen and oxygen atoms in total. The largest absolute Gasteiger partial charge is 0.371 e. The summed E-state index contributed by atoms with van der Waals surface area (Å²) in [7, 11) is 0. The molecule has 26 heavy (non-hydrogen) atoms. The number of carbonyl (C=O) groups excluding carboxylic acids is 5. The third-order valence-corrected chi connectivity index (χ3v) is 3.77. The zero-order valence-electron chi connectivity index (χ0n) is 14.5. The Kier molecular flexibility index (Phi) is 4.95. The predicted molar refractivity (Wildman–Crippen MR) is 90.1 cm³/mol. The summed E-state index contributed by atoms with van der Waals surface area (Å²) in [6, 6.07) is 4.72. The van der Waals surface area contributed by atoms with Crippen LogP contribution < -0.4 is 16.0 Å². The van der Waals surface area contributed by atoms with Gasteiger partial charge in [-0.15, -0.1) is 0 Å². The SMILES string of the molecule is CC(C)(C)C(=O)Nc1ccc(C(=O)CC2(O)C(=O)NC(=O)NC2=O)cc1. The predicted octanol–water partition coefficient (Wildman–Crippen LogP) is 0.341. The quantitative estimate of drug-likeness (QED) is 0.450. The molecule has 0 radical (unpaired) electrons. The molecule has 0 aromatic heterocycles. The van der Waals surface area contributed by atoms with Crippen molar-refractivity contribution in [3.8, 4) is 0 Å². The number of benzene rings is 1. The van der Waals surface area contributed by atoms with Crippen molar-refractivity contribution in [2.75, 3.05) is 5.32 Å². The zero-order valence-corrected chi connectivity index (χ0v) is 14.5. The Morgan fingerprint density at radius 2 is 1.54 bits per heavy atom. The molecule has 1 heterocycles. The average Bonchev–Trinajstić information content (AvgIpc) is 2.52. The van der Waals surface area contributed by atoms with E-state index in [4.69, 9.17) is 0 Å². The average molecular weight is 361 g/mol. The number of hydrogen-bond acceptors (Lipinski definition) is 6. The van der Waals surface area contributed by atoms with Crippen molar-refractivity contribution in [2.45, 2.75) is 32.8 Å². The topological polar surface area (TPSA) is 142 Å². The first-order valence-electron chi connectivity index (χ1n) is 7.77. The minimum Gasteiger partial charge on any atom is -0.371 e. The van der Waals surface area contributed by atoms with Gasteiger partial charge in [0, 0.05) is 16.7 Å². The highest BCUT2D eigenvalue weighted by molar-refractivity contribution is 6.23. The second-order valence-electron chi connectivity index (χ2n) is 6.98. The molecule has 1 saturated heterocycles. The van der Waals surface area contributed by atoms with E-state index in [1.165, 1.54) is 24.3 Å². The van der Waals surface area contributed by atoms with Crippen LogP contribution in [0.4, 0.5) is 10.5 Å². The maximum atomic E-state index is 12.3. The number of urea groups is 1. The number of imide groups is 2. The van der Waals surface area contributed by atoms with Crippen molar-refractivity contribution in [2.24, 2.45) is 5.41 Å². The van der Waals surface area contributed by atoms with Crippen LogP contribution in [-0.2, 0) is 14.4 Å². The van der Waals surface area contributed by atoms with E-state index in [2.05, 4.69) is 5.32 Å². The normalized spacial score (nSPS) is 16.5. The highest BCUT2D eigenvalue weighted by atomic mass is 16.3. The number of nitrogens with one attached hydrogen (secondary N) is 3. The summed E-state index contributed by atoms with van der Waals surface area (Å²) in [6.07, 6.45) is -0.828. The summed E-state index contributed by atoms with van der Waals surface area (Å²) in [4.78, 5) is 58.7. The van der Waals surface area contributed by atoms with E-state index < -0.39 is 41.1 Å². The molecule has 0 unspecified atom stereocenters. The Labute approximate surface area is 149 Å². The molecule has 138 valence electrons. The number of ketones is 1. The molecule has 0 spiro atoms. The minimum atomic E-state index is -2.66. The monoisotopic (exact) mass is 361 g/mol. The molecular formula is C17H19N3O6. The lowest BCUT2D eigenvalue weighted by molar-refractivity contribution is -0.154. The molecule has 0 aliphatic carbocycles. The second kappa shape index (κ2) is 6.68. The first-order chi connectivity index (χ1) is 11.9. The van der Waals surface area contributed by atoms with E-state index in [-0.39, 0.29) is 11.5 Å². The number of barbiturate groups is 1. The molecule has 1 aliphatic rings. The second-order valence-corrected chi connectivity index (χ2v) is 6.98. The Morgan fingerprint density at radius 1 is 1.04 bits per heavy atom. The van der Waals surface area contributed by atoms with Crippen molar-refractivity contribution in [1.82, 2.24) is 10.6 Å². The fourth-order valence-corrected chi connectivity index (χ4v) is 2.10. The van der Waals surface area contributed by atoms with Gasteiger partial charge in [0.2, 0.25) is 11.5 Å². The molecule has 1 fully saturated rings. The van der Waals surface area contributed by atoms with Gasteiger partial charge in [-0.1, -0.05) is 20.8 Å². The van der Waals surface area contributed by atoms with Crippen LogP contribution in [0.25, 0.3) is 0 Å². The van der Waals surface area contributed by atoms with E-state index >= 15 is 0 Å². The summed E-state index contributed by atoms with van der Waals surface area (Å²) < 4.78 is 0. The van der Waals surface area contributed by atoms with Gasteiger partial charge in [-0.2, -0.15) is 0 Å². The van der Waals surface area contributed by atoms with Crippen molar-refractivity contribution in [3.05, 3.63) is 29.8 Å². The Morgan fingerprint density at radius 3 is 2.00 bits per heavy atom. The minimum absolute atomic E-state index is 0.129. The summed E-state index contributed by atoms with van der Waals surface area (Å²) in [5.41, 5.74) is -2.65. The van der Waals surface area contributed by atoms with Crippen molar-refractivity contribution >= 4 is 35.2 Å². The fourth-order valence-electron chi connectivity index (χ4n) is 2.10. The van der Waals surface area contributed by atoms with Crippen LogP contribution in [0.1, 0.15) is 37.6 Å². The summed E-state index contributed by atoms with van der Waals surface area (Å²) in [5.74, 6) is -3.39. The van der Waals surface area contributed by atoms with Crippen molar-refractivity contribution < 1.29 is 29.1 Å². The molecule has 1 aromatic rings. The summed E-state index contributed by atoms with van der Waals surface area (Å²) >= 11 is 0. The molecule has 1 aromatic carbocycles. The molecule has 2 rings (SSSR count). The van der Waals surface area contributed by atoms with Gasteiger partial charge in [-0.05, 0) is 24.3 Å². The number of hydrogen-bond donors (Lipinski definition) is 4. The maximum Gasteiger partial charge on any atom is 0.328 e. The van der Waals surface area contributed by atoms with Gasteiger partial charge >= 0.3 is 6.03 Å². The van der Waals surface area contributed by atoms with Gasteiger partial charge < -0.3 is 10.4 Å². The van der Waals surface area contributed by atoms with Crippen molar-refractivity contribution in [3.63, 3.8) is 0 Å². The van der Waals surface area contributed by atoms with Crippen LogP contribution >= 0.6 is 0 Å². The van der Waals surface area contributed by atoms with E-state index in [9.17, 15) is 29.1 Å². The van der Waals surface area contributed by atoms with Crippen LogP contribution in [0.5, 0.6) is 0 Å². The Hall–Kier alpha value is -3.07. The first-order valence-corrected chi connectivity index (χ1v) is 7.77. The fraction of sp³-hybridized carbons (Fsp3) is 0.353. The van der Waals surface area contributed by atoms with Crippen LogP contribution in [0, 0.1) is 5.41 Å². The number of amides is 5. The van der Waals surface area contributed by atoms with Gasteiger partial charge in [0.1, 0.15) is 0 Å². The summed E-state index contributed by atoms with van der Waals surface area (Å²) in [5, 5.41) is 16.3. The molecule has 5 amide bonds. The lowest BCUT2D eigenvalue weighted by Gasteiger charge is -2.28. The third-order valence-electron chi connectivity index (χ3n) is 3.77. The van der Waals surface area contributed by atoms with Gasteiger partial charge in [0.15, 0.2) is 5.78 Å². The third kappa shape index (κ3) is 3.94. The Balaban J connectivity index is 2.11. The zero-order chi connectivity index (χ0) is 19.7. The molecular weight excluding hydrogens is 342 g/mol. The van der Waals surface area contributed by atoms with Gasteiger partial charge in [0.05, 0.1) is 6.42 Å². The van der Waals surface area contributed by atoms with E-state index in [0.717, 1.165) is 0 Å². The summed E-state index contributed by atoms with van der Waals surface area (Å²) in [6.45, 7) is 5.27. The lowest BCUT2D eigenvalue weighted by atomic mass is 9.91. The van der Waals surface area contributed by atoms with Crippen LogP contribution in [0.3, 0.4) is 0 Å². The Bertz CT molecular complexity index is 772. The smallest absolute Gasteiger partial charge is 0.328 e. The van der Waals surface area contributed by atoms with E-state index in [1.807, 2.05) is 0 Å². The van der Waals surface area contributed by atoms with Crippen LogP contribution in [-0.4, -0.2) is 40.2 Å². The number of anilines is 1. The van der Waals surface area contributed by atoms with E-state index in [1.54, 1.807) is 31.4 Å². The molecule has 1 aliphatic heterocycles. The highest BCUT2D eigenvalue weighted by Gasteiger charge is 2.50. The molecule has 0 bridgehead atoms. The number of rotatable bonds is 4. The lowest BCUT2D eigenvalue weighted by Crippen LogP contribution is -2.67. The van der Waals surface area contributed by atoms with Gasteiger partial charge in [-0.25, -0.2) is 4.79 Å². The molecule has 9 heteroatoms. The van der Waals surface area contributed by atoms with Crippen LogP contribution in [0.2, 0.25) is 0 Å². The molecule has 4 N–H and O–H groups in total. The van der Waals surface area contributed by atoms with Crippen molar-refractivity contribution in [1.29, 1.82) is 0 Å². The van der Waals surface area contributed by atoms with E-state index in [0.29, 0.717) is 5.69 Å². The highest BCUT2D eigenvalue weighted by Crippen LogP contribution is 2.21. The van der Waals surface area contributed by atoms with Gasteiger partial charge in [0.25, 0.3) is 11.8 Å². The maximum absolute atomic E-state index is 12.3.